The smallest absolute Gasteiger partial charge is 0.310 e. The van der Waals surface area contributed by atoms with Crippen LogP contribution in [0.25, 0.3) is 0 Å². The van der Waals surface area contributed by atoms with E-state index in [9.17, 15) is 9.90 Å². The van der Waals surface area contributed by atoms with Gasteiger partial charge in [-0.2, -0.15) is 0 Å². The van der Waals surface area contributed by atoms with E-state index in [0.717, 1.165) is 30.8 Å². The van der Waals surface area contributed by atoms with Gasteiger partial charge in [0.05, 0.1) is 6.42 Å². The monoisotopic (exact) mass is 461 g/mol. The number of imidazole rings is 1. The van der Waals surface area contributed by atoms with Gasteiger partial charge in [-0.25, -0.2) is 9.13 Å². The number of benzene rings is 2. The molecule has 0 saturated heterocycles. The lowest BCUT2D eigenvalue weighted by Crippen LogP contribution is -2.36. The van der Waals surface area contributed by atoms with Gasteiger partial charge in [0.25, 0.3) is 5.82 Å². The molecule has 1 N–H and O–H groups in total. The molecular formula is C29H37N2O3+. The van der Waals surface area contributed by atoms with Crippen molar-refractivity contribution in [1.29, 1.82) is 0 Å². The fraction of sp³-hybridized carbons (Fsp3) is 0.448. The second-order valence-electron chi connectivity index (χ2n) is 9.59. The topological polar surface area (TPSA) is 55.3 Å². The number of carbonyl (C=O) groups excluding carboxylic acids is 1. The van der Waals surface area contributed by atoms with Crippen LogP contribution < -0.4 is 4.57 Å². The van der Waals surface area contributed by atoms with Gasteiger partial charge >= 0.3 is 5.97 Å². The minimum atomic E-state index is -0.300. The fourth-order valence-electron chi connectivity index (χ4n) is 4.97. The number of nitrogens with zero attached hydrogens (tertiary/aromatic N) is 2. The summed E-state index contributed by atoms with van der Waals surface area (Å²) < 4.78 is 9.83. The Morgan fingerprint density at radius 2 is 1.79 bits per heavy atom. The number of aromatic nitrogens is 2. The van der Waals surface area contributed by atoms with Crippen LogP contribution >= 0.6 is 0 Å². The molecule has 0 bridgehead atoms. The second kappa shape index (κ2) is 11.4. The van der Waals surface area contributed by atoms with E-state index in [4.69, 9.17) is 4.74 Å². The van der Waals surface area contributed by atoms with Gasteiger partial charge < -0.3 is 9.84 Å². The van der Waals surface area contributed by atoms with Crippen LogP contribution in [0.4, 0.5) is 0 Å². The number of aromatic hydroxyl groups is 1. The summed E-state index contributed by atoms with van der Waals surface area (Å²) in [5.41, 5.74) is 4.18. The van der Waals surface area contributed by atoms with E-state index in [-0.39, 0.29) is 18.1 Å². The minimum absolute atomic E-state index is 0.102. The Hall–Kier alpha value is -3.08. The van der Waals surface area contributed by atoms with Crippen molar-refractivity contribution in [1.82, 2.24) is 4.57 Å². The number of rotatable bonds is 8. The van der Waals surface area contributed by atoms with E-state index in [0.29, 0.717) is 24.6 Å². The molecule has 0 amide bonds. The Labute approximate surface area is 203 Å². The molecule has 0 aliphatic heterocycles. The van der Waals surface area contributed by atoms with Crippen LogP contribution in [0.15, 0.2) is 54.9 Å². The molecule has 1 aromatic heterocycles. The number of ether oxygens (including phenoxy) is 1. The van der Waals surface area contributed by atoms with Gasteiger partial charge in [0, 0.05) is 12.5 Å². The minimum Gasteiger partial charge on any atom is -0.507 e. The van der Waals surface area contributed by atoms with E-state index in [1.54, 1.807) is 0 Å². The van der Waals surface area contributed by atoms with E-state index < -0.39 is 0 Å². The van der Waals surface area contributed by atoms with Crippen molar-refractivity contribution in [3.05, 3.63) is 82.9 Å². The van der Waals surface area contributed by atoms with Crippen molar-refractivity contribution >= 4 is 5.97 Å². The largest absolute Gasteiger partial charge is 0.507 e. The zero-order chi connectivity index (χ0) is 23.9. The second-order valence-corrected chi connectivity index (χ2v) is 9.59. The van der Waals surface area contributed by atoms with Gasteiger partial charge in [-0.3, -0.25) is 4.79 Å². The molecule has 1 heterocycles. The summed E-state index contributed by atoms with van der Waals surface area (Å²) in [6.07, 6.45) is 11.4. The van der Waals surface area contributed by atoms with Crippen LogP contribution in [-0.2, 0) is 29.0 Å². The first kappa shape index (κ1) is 24.1. The molecule has 1 fully saturated rings. The molecular weight excluding hydrogens is 424 g/mol. The van der Waals surface area contributed by atoms with E-state index in [1.165, 1.54) is 36.8 Å². The summed E-state index contributed by atoms with van der Waals surface area (Å²) >= 11 is 0. The first-order valence-corrected chi connectivity index (χ1v) is 12.6. The predicted molar refractivity (Wildman–Crippen MR) is 133 cm³/mol. The van der Waals surface area contributed by atoms with Crippen LogP contribution in [0.1, 0.15) is 72.5 Å². The molecule has 1 saturated carbocycles. The normalized spacial score (nSPS) is 14.6. The van der Waals surface area contributed by atoms with Gasteiger partial charge in [0.2, 0.25) is 0 Å². The van der Waals surface area contributed by atoms with Crippen molar-refractivity contribution in [3.8, 4) is 5.75 Å². The molecule has 3 aromatic rings. The highest BCUT2D eigenvalue weighted by atomic mass is 16.5. The maximum Gasteiger partial charge on any atom is 0.310 e. The summed E-state index contributed by atoms with van der Waals surface area (Å²) in [7, 11) is 0. The van der Waals surface area contributed by atoms with E-state index in [1.807, 2.05) is 24.4 Å². The molecule has 0 radical (unpaired) electrons. The molecule has 0 atom stereocenters. The van der Waals surface area contributed by atoms with Crippen molar-refractivity contribution < 1.29 is 19.2 Å². The molecule has 5 nitrogen and oxygen atoms in total. The van der Waals surface area contributed by atoms with Crippen molar-refractivity contribution in [3.63, 3.8) is 0 Å². The standard InChI is InChI=1S/C29H36N2O3/c1-22-12-14-24(15-13-22)21-31-17-16-30(23(31)2)18-19-34-28(32)20-26-10-7-11-27(29(26)33)25-8-5-3-4-6-9-25/h7,10-17,25H,3-6,8-9,18-21H2,1-2H3/p+1. The third-order valence-corrected chi connectivity index (χ3v) is 7.11. The van der Waals surface area contributed by atoms with Gasteiger partial charge in [-0.1, -0.05) is 73.7 Å². The number of phenols is 1. The van der Waals surface area contributed by atoms with Crippen molar-refractivity contribution in [2.75, 3.05) is 6.61 Å². The number of carbonyl (C=O) groups is 1. The Morgan fingerprint density at radius 1 is 1.06 bits per heavy atom. The fourth-order valence-corrected chi connectivity index (χ4v) is 4.97. The highest BCUT2D eigenvalue weighted by Gasteiger charge is 2.20. The summed E-state index contributed by atoms with van der Waals surface area (Å²) in [4.78, 5) is 12.5. The molecule has 0 unspecified atom stereocenters. The number of phenolic OH excluding ortho intramolecular Hbond substituents is 1. The third kappa shape index (κ3) is 6.07. The molecule has 1 aliphatic carbocycles. The Balaban J connectivity index is 1.30. The van der Waals surface area contributed by atoms with Gasteiger partial charge in [0.1, 0.15) is 37.8 Å². The summed E-state index contributed by atoms with van der Waals surface area (Å²) in [5, 5.41) is 10.8. The maximum absolute atomic E-state index is 12.5. The average Bonchev–Trinajstić information content (AvgIpc) is 3.02. The first-order valence-electron chi connectivity index (χ1n) is 12.6. The molecule has 180 valence electrons. The highest BCUT2D eigenvalue weighted by Crippen LogP contribution is 2.37. The summed E-state index contributed by atoms with van der Waals surface area (Å²) in [6, 6.07) is 14.4. The number of hydrogen-bond donors (Lipinski definition) is 1. The van der Waals surface area contributed by atoms with Crippen LogP contribution in [0.5, 0.6) is 5.75 Å². The lowest BCUT2D eigenvalue weighted by atomic mass is 9.89. The average molecular weight is 462 g/mol. The predicted octanol–water partition coefficient (Wildman–Crippen LogP) is 5.37. The molecule has 1 aliphatic rings. The number of hydrogen-bond acceptors (Lipinski definition) is 3. The van der Waals surface area contributed by atoms with Crippen molar-refractivity contribution in [2.24, 2.45) is 0 Å². The Kier molecular flexibility index (Phi) is 8.04. The van der Waals surface area contributed by atoms with E-state index in [2.05, 4.69) is 53.4 Å². The highest BCUT2D eigenvalue weighted by molar-refractivity contribution is 5.73. The third-order valence-electron chi connectivity index (χ3n) is 7.11. The zero-order valence-corrected chi connectivity index (χ0v) is 20.5. The van der Waals surface area contributed by atoms with Gasteiger partial charge in [-0.15, -0.1) is 0 Å². The van der Waals surface area contributed by atoms with Gasteiger partial charge in [-0.05, 0) is 36.8 Å². The zero-order valence-electron chi connectivity index (χ0n) is 20.5. The summed E-state index contributed by atoms with van der Waals surface area (Å²) in [5.74, 6) is 1.49. The molecule has 4 rings (SSSR count). The lowest BCUT2D eigenvalue weighted by molar-refractivity contribution is -0.694. The maximum atomic E-state index is 12.5. The SMILES string of the molecule is Cc1ccc(C[n+]2ccn(CCOC(=O)Cc3cccc(C4CCCCCC4)c3O)c2C)cc1. The van der Waals surface area contributed by atoms with Crippen LogP contribution in [0, 0.1) is 13.8 Å². The summed E-state index contributed by atoms with van der Waals surface area (Å²) in [6.45, 7) is 5.90. The Morgan fingerprint density at radius 3 is 2.53 bits per heavy atom. The number of esters is 1. The number of aryl methyl sites for hydroxylation is 1. The van der Waals surface area contributed by atoms with Crippen LogP contribution in [0.3, 0.4) is 0 Å². The molecule has 34 heavy (non-hydrogen) atoms. The van der Waals surface area contributed by atoms with Crippen LogP contribution in [0.2, 0.25) is 0 Å². The lowest BCUT2D eigenvalue weighted by Gasteiger charge is -2.18. The number of para-hydroxylation sites is 1. The van der Waals surface area contributed by atoms with E-state index >= 15 is 0 Å². The molecule has 0 spiro atoms. The van der Waals surface area contributed by atoms with Gasteiger partial charge in [0.15, 0.2) is 0 Å². The van der Waals surface area contributed by atoms with Crippen molar-refractivity contribution in [2.45, 2.75) is 77.8 Å². The molecule has 5 heteroatoms. The quantitative estimate of drug-likeness (QED) is 0.279. The molecule has 2 aromatic carbocycles. The Bertz CT molecular complexity index is 1090. The van der Waals surface area contributed by atoms with Crippen LogP contribution in [-0.4, -0.2) is 22.2 Å². The first-order chi connectivity index (χ1) is 16.5.